The molecule has 1 N–H and O–H groups in total. The molecule has 1 unspecified atom stereocenters. The van der Waals surface area contributed by atoms with E-state index in [2.05, 4.69) is 5.32 Å². The zero-order valence-corrected chi connectivity index (χ0v) is 11.9. The highest BCUT2D eigenvalue weighted by Crippen LogP contribution is 2.24. The SMILES string of the molecule is COCCNC(C)(C(=O)OC)c1ccc(OC)cc1. The third-order valence-corrected chi connectivity index (χ3v) is 3.05. The molecule has 1 rings (SSSR count). The third kappa shape index (κ3) is 3.68. The summed E-state index contributed by atoms with van der Waals surface area (Å²) >= 11 is 0. The Kier molecular flexibility index (Phi) is 5.79. The smallest absolute Gasteiger partial charge is 0.330 e. The number of ether oxygens (including phenoxy) is 3. The van der Waals surface area contributed by atoms with Crippen molar-refractivity contribution in [2.75, 3.05) is 34.5 Å². The zero-order valence-electron chi connectivity index (χ0n) is 11.9. The molecular weight excluding hydrogens is 246 g/mol. The van der Waals surface area contributed by atoms with E-state index in [1.807, 2.05) is 24.3 Å². The van der Waals surface area contributed by atoms with Crippen LogP contribution in [0.5, 0.6) is 5.75 Å². The summed E-state index contributed by atoms with van der Waals surface area (Å²) in [6.45, 7) is 2.85. The van der Waals surface area contributed by atoms with Gasteiger partial charge in [-0.3, -0.25) is 5.32 Å². The molecule has 0 aliphatic carbocycles. The molecule has 5 heteroatoms. The molecule has 0 saturated carbocycles. The molecule has 0 fully saturated rings. The first-order valence-electron chi connectivity index (χ1n) is 6.05. The van der Waals surface area contributed by atoms with E-state index in [9.17, 15) is 4.79 Å². The van der Waals surface area contributed by atoms with Crippen LogP contribution in [0.3, 0.4) is 0 Å². The lowest BCUT2D eigenvalue weighted by Gasteiger charge is -2.28. The van der Waals surface area contributed by atoms with Crippen molar-refractivity contribution in [1.82, 2.24) is 5.32 Å². The number of benzene rings is 1. The minimum Gasteiger partial charge on any atom is -0.497 e. The Labute approximate surface area is 113 Å². The van der Waals surface area contributed by atoms with Gasteiger partial charge in [-0.25, -0.2) is 4.79 Å². The molecule has 0 aromatic heterocycles. The molecule has 0 spiro atoms. The van der Waals surface area contributed by atoms with Crippen molar-refractivity contribution in [2.45, 2.75) is 12.5 Å². The molecule has 0 aliphatic heterocycles. The zero-order chi connectivity index (χ0) is 14.3. The molecule has 0 radical (unpaired) electrons. The van der Waals surface area contributed by atoms with E-state index in [0.29, 0.717) is 13.2 Å². The van der Waals surface area contributed by atoms with Gasteiger partial charge >= 0.3 is 5.97 Å². The topological polar surface area (TPSA) is 56.8 Å². The lowest BCUT2D eigenvalue weighted by molar-refractivity contribution is -0.148. The Morgan fingerprint density at radius 3 is 2.32 bits per heavy atom. The average molecular weight is 267 g/mol. The molecule has 0 amide bonds. The van der Waals surface area contributed by atoms with E-state index >= 15 is 0 Å². The quantitative estimate of drug-likeness (QED) is 0.596. The highest BCUT2D eigenvalue weighted by Gasteiger charge is 2.35. The number of methoxy groups -OCH3 is 3. The summed E-state index contributed by atoms with van der Waals surface area (Å²) in [6.07, 6.45) is 0. The van der Waals surface area contributed by atoms with Gasteiger partial charge in [0, 0.05) is 13.7 Å². The molecule has 1 aromatic carbocycles. The van der Waals surface area contributed by atoms with Gasteiger partial charge in [0.2, 0.25) is 0 Å². The van der Waals surface area contributed by atoms with Crippen LogP contribution in [0.25, 0.3) is 0 Å². The minimum atomic E-state index is -0.903. The first kappa shape index (κ1) is 15.5. The summed E-state index contributed by atoms with van der Waals surface area (Å²) in [5.74, 6) is 0.404. The molecular formula is C14H21NO4. The van der Waals surface area contributed by atoms with Gasteiger partial charge in [0.15, 0.2) is 0 Å². The van der Waals surface area contributed by atoms with E-state index in [1.54, 1.807) is 21.1 Å². The Morgan fingerprint density at radius 2 is 1.84 bits per heavy atom. The second-order valence-electron chi connectivity index (χ2n) is 4.26. The first-order chi connectivity index (χ1) is 9.08. The molecule has 106 valence electrons. The summed E-state index contributed by atoms with van der Waals surface area (Å²) in [5, 5.41) is 3.16. The fourth-order valence-corrected chi connectivity index (χ4v) is 1.82. The van der Waals surface area contributed by atoms with Gasteiger partial charge in [0.25, 0.3) is 0 Å². The molecule has 0 saturated heterocycles. The maximum absolute atomic E-state index is 12.0. The van der Waals surface area contributed by atoms with Crippen LogP contribution in [0.2, 0.25) is 0 Å². The van der Waals surface area contributed by atoms with Gasteiger partial charge in [-0.05, 0) is 24.6 Å². The number of hydrogen-bond donors (Lipinski definition) is 1. The summed E-state index contributed by atoms with van der Waals surface area (Å²) in [4.78, 5) is 12.0. The van der Waals surface area contributed by atoms with Crippen molar-refractivity contribution in [3.63, 3.8) is 0 Å². The fourth-order valence-electron chi connectivity index (χ4n) is 1.82. The lowest BCUT2D eigenvalue weighted by Crippen LogP contribution is -2.48. The van der Waals surface area contributed by atoms with Gasteiger partial charge < -0.3 is 14.2 Å². The van der Waals surface area contributed by atoms with Crippen LogP contribution in [0, 0.1) is 0 Å². The van der Waals surface area contributed by atoms with E-state index in [4.69, 9.17) is 14.2 Å². The highest BCUT2D eigenvalue weighted by molar-refractivity contribution is 5.82. The molecule has 0 aliphatic rings. The number of carbonyl (C=O) groups is 1. The maximum atomic E-state index is 12.0. The highest BCUT2D eigenvalue weighted by atomic mass is 16.5. The standard InChI is InChI=1S/C14H21NO4/c1-14(13(16)19-4,15-9-10-17-2)11-5-7-12(18-3)8-6-11/h5-8,15H,9-10H2,1-4H3. The van der Waals surface area contributed by atoms with E-state index < -0.39 is 5.54 Å². The van der Waals surface area contributed by atoms with Gasteiger partial charge in [0.1, 0.15) is 11.3 Å². The fraction of sp³-hybridized carbons (Fsp3) is 0.500. The molecule has 1 aromatic rings. The minimum absolute atomic E-state index is 0.339. The first-order valence-corrected chi connectivity index (χ1v) is 6.05. The van der Waals surface area contributed by atoms with E-state index in [-0.39, 0.29) is 5.97 Å². The summed E-state index contributed by atoms with van der Waals surface area (Å²) in [7, 11) is 4.60. The summed E-state index contributed by atoms with van der Waals surface area (Å²) in [6, 6.07) is 7.31. The number of rotatable bonds is 7. The Balaban J connectivity index is 2.97. The molecule has 5 nitrogen and oxygen atoms in total. The maximum Gasteiger partial charge on any atom is 0.330 e. The van der Waals surface area contributed by atoms with Crippen LogP contribution < -0.4 is 10.1 Å². The molecule has 0 bridgehead atoms. The van der Waals surface area contributed by atoms with Crippen molar-refractivity contribution in [2.24, 2.45) is 0 Å². The summed E-state index contributed by atoms with van der Waals surface area (Å²) in [5.41, 5.74) is -0.0872. The number of hydrogen-bond acceptors (Lipinski definition) is 5. The van der Waals surface area contributed by atoms with E-state index in [1.165, 1.54) is 7.11 Å². The summed E-state index contributed by atoms with van der Waals surface area (Å²) < 4.78 is 15.0. The van der Waals surface area contributed by atoms with Crippen LogP contribution >= 0.6 is 0 Å². The Bertz CT molecular complexity index is 404. The number of carbonyl (C=O) groups excluding carboxylic acids is 1. The van der Waals surface area contributed by atoms with E-state index in [0.717, 1.165) is 11.3 Å². The van der Waals surface area contributed by atoms with Crippen molar-refractivity contribution in [1.29, 1.82) is 0 Å². The third-order valence-electron chi connectivity index (χ3n) is 3.05. The van der Waals surface area contributed by atoms with Gasteiger partial charge in [-0.15, -0.1) is 0 Å². The van der Waals surface area contributed by atoms with Crippen molar-refractivity contribution in [3.05, 3.63) is 29.8 Å². The lowest BCUT2D eigenvalue weighted by atomic mass is 9.92. The van der Waals surface area contributed by atoms with Crippen molar-refractivity contribution >= 4 is 5.97 Å². The predicted molar refractivity (Wildman–Crippen MR) is 72.2 cm³/mol. The van der Waals surface area contributed by atoms with Crippen LogP contribution in [-0.4, -0.2) is 40.5 Å². The van der Waals surface area contributed by atoms with Crippen LogP contribution in [0.15, 0.2) is 24.3 Å². The predicted octanol–water partition coefficient (Wildman–Crippen LogP) is 1.32. The second kappa shape index (κ2) is 7.11. The van der Waals surface area contributed by atoms with Gasteiger partial charge in [0.05, 0.1) is 20.8 Å². The van der Waals surface area contributed by atoms with Crippen LogP contribution in [0.4, 0.5) is 0 Å². The monoisotopic (exact) mass is 267 g/mol. The number of esters is 1. The Hall–Kier alpha value is -1.59. The normalized spacial score (nSPS) is 13.7. The van der Waals surface area contributed by atoms with Crippen LogP contribution in [0.1, 0.15) is 12.5 Å². The van der Waals surface area contributed by atoms with Crippen LogP contribution in [-0.2, 0) is 19.8 Å². The molecule has 0 heterocycles. The van der Waals surface area contributed by atoms with Gasteiger partial charge in [-0.2, -0.15) is 0 Å². The van der Waals surface area contributed by atoms with Crippen molar-refractivity contribution < 1.29 is 19.0 Å². The second-order valence-corrected chi connectivity index (χ2v) is 4.26. The van der Waals surface area contributed by atoms with Gasteiger partial charge in [-0.1, -0.05) is 12.1 Å². The average Bonchev–Trinajstić information content (AvgIpc) is 2.46. The molecule has 1 atom stereocenters. The largest absolute Gasteiger partial charge is 0.497 e. The number of nitrogens with one attached hydrogen (secondary N) is 1. The van der Waals surface area contributed by atoms with Crippen molar-refractivity contribution in [3.8, 4) is 5.75 Å². The molecule has 19 heavy (non-hydrogen) atoms. The Morgan fingerprint density at radius 1 is 1.21 bits per heavy atom.